The molecule has 1 heterocycles. The van der Waals surface area contributed by atoms with Crippen LogP contribution in [0.15, 0.2) is 24.3 Å². The highest BCUT2D eigenvalue weighted by molar-refractivity contribution is 5.79. The highest BCUT2D eigenvalue weighted by Gasteiger charge is 2.36. The molecule has 1 N–H and O–H groups in total. The molecule has 4 nitrogen and oxygen atoms in total. The van der Waals surface area contributed by atoms with E-state index < -0.39 is 0 Å². The Labute approximate surface area is 126 Å². The lowest BCUT2D eigenvalue weighted by molar-refractivity contribution is -0.137. The Morgan fingerprint density at radius 3 is 2.62 bits per heavy atom. The topological polar surface area (TPSA) is 41.6 Å². The molecule has 1 aliphatic heterocycles. The number of methoxy groups -OCH3 is 1. The van der Waals surface area contributed by atoms with Crippen molar-refractivity contribution in [3.63, 3.8) is 0 Å². The summed E-state index contributed by atoms with van der Waals surface area (Å²) >= 11 is 0. The van der Waals surface area contributed by atoms with E-state index in [9.17, 15) is 4.79 Å². The van der Waals surface area contributed by atoms with E-state index in [-0.39, 0.29) is 5.92 Å². The van der Waals surface area contributed by atoms with Crippen molar-refractivity contribution in [3.05, 3.63) is 29.8 Å². The highest BCUT2D eigenvalue weighted by Crippen LogP contribution is 2.32. The van der Waals surface area contributed by atoms with Crippen molar-refractivity contribution in [1.29, 1.82) is 0 Å². The van der Waals surface area contributed by atoms with Crippen molar-refractivity contribution in [1.82, 2.24) is 10.2 Å². The molecule has 0 radical (unpaired) electrons. The Morgan fingerprint density at radius 2 is 1.95 bits per heavy atom. The third-order valence-corrected chi connectivity index (χ3v) is 4.49. The molecule has 3 rings (SSSR count). The number of piperidine rings is 1. The van der Waals surface area contributed by atoms with Crippen LogP contribution in [0.25, 0.3) is 0 Å². The van der Waals surface area contributed by atoms with Gasteiger partial charge in [-0.05, 0) is 44.8 Å². The summed E-state index contributed by atoms with van der Waals surface area (Å²) in [4.78, 5) is 14.9. The van der Waals surface area contributed by atoms with Gasteiger partial charge in [-0.2, -0.15) is 0 Å². The Morgan fingerprint density at radius 1 is 1.24 bits per heavy atom. The summed E-state index contributed by atoms with van der Waals surface area (Å²) in [7, 11) is 1.69. The average molecular weight is 288 g/mol. The summed E-state index contributed by atoms with van der Waals surface area (Å²) in [6, 6.07) is 8.45. The molecule has 1 saturated carbocycles. The molecule has 4 heteroatoms. The first-order valence-electron chi connectivity index (χ1n) is 7.92. The van der Waals surface area contributed by atoms with E-state index in [4.69, 9.17) is 4.74 Å². The van der Waals surface area contributed by atoms with Crippen LogP contribution in [-0.4, -0.2) is 37.0 Å². The number of hydrogen-bond donors (Lipinski definition) is 1. The normalized spacial score (nSPS) is 19.3. The molecule has 1 saturated heterocycles. The Balaban J connectivity index is 1.73. The molecule has 1 aromatic rings. The van der Waals surface area contributed by atoms with Gasteiger partial charge in [0, 0.05) is 24.1 Å². The van der Waals surface area contributed by atoms with Gasteiger partial charge in [-0.15, -0.1) is 0 Å². The minimum absolute atomic E-state index is 0.196. The lowest BCUT2D eigenvalue weighted by Gasteiger charge is -2.30. The largest absolute Gasteiger partial charge is 0.496 e. The second kappa shape index (κ2) is 6.48. The van der Waals surface area contributed by atoms with E-state index in [0.717, 1.165) is 50.1 Å². The Kier molecular flexibility index (Phi) is 4.44. The van der Waals surface area contributed by atoms with E-state index in [2.05, 4.69) is 16.3 Å². The first-order valence-corrected chi connectivity index (χ1v) is 7.92. The second-order valence-corrected chi connectivity index (χ2v) is 6.03. The number of ether oxygens (including phenoxy) is 1. The number of para-hydroxylation sites is 1. The van der Waals surface area contributed by atoms with Gasteiger partial charge in [0.05, 0.1) is 7.11 Å². The van der Waals surface area contributed by atoms with Crippen LogP contribution in [0.3, 0.4) is 0 Å². The maximum Gasteiger partial charge on any atom is 0.226 e. The maximum atomic E-state index is 12.8. The molecule has 2 fully saturated rings. The van der Waals surface area contributed by atoms with Gasteiger partial charge in [-0.25, -0.2) is 0 Å². The lowest BCUT2D eigenvalue weighted by atomic mass is 9.96. The van der Waals surface area contributed by atoms with Crippen LogP contribution in [0.5, 0.6) is 5.75 Å². The first kappa shape index (κ1) is 14.4. The monoisotopic (exact) mass is 288 g/mol. The van der Waals surface area contributed by atoms with Gasteiger partial charge in [-0.3, -0.25) is 4.79 Å². The molecule has 1 aliphatic carbocycles. The average Bonchev–Trinajstić information content (AvgIpc) is 3.38. The van der Waals surface area contributed by atoms with Crippen LogP contribution in [0.4, 0.5) is 0 Å². The van der Waals surface area contributed by atoms with Gasteiger partial charge >= 0.3 is 0 Å². The van der Waals surface area contributed by atoms with Crippen molar-refractivity contribution in [2.45, 2.75) is 38.3 Å². The maximum absolute atomic E-state index is 12.8. The van der Waals surface area contributed by atoms with E-state index in [1.807, 2.05) is 18.2 Å². The quantitative estimate of drug-likeness (QED) is 0.903. The molecule has 21 heavy (non-hydrogen) atoms. The van der Waals surface area contributed by atoms with E-state index >= 15 is 0 Å². The molecular weight excluding hydrogens is 264 g/mol. The van der Waals surface area contributed by atoms with Crippen LogP contribution in [-0.2, 0) is 11.3 Å². The highest BCUT2D eigenvalue weighted by atomic mass is 16.5. The Hall–Kier alpha value is -1.55. The molecule has 0 unspecified atom stereocenters. The molecule has 1 amide bonds. The third-order valence-electron chi connectivity index (χ3n) is 4.49. The summed E-state index contributed by atoms with van der Waals surface area (Å²) < 4.78 is 5.42. The first-order chi connectivity index (χ1) is 10.3. The molecule has 114 valence electrons. The number of amides is 1. The summed E-state index contributed by atoms with van der Waals surface area (Å²) in [6.45, 7) is 2.60. The van der Waals surface area contributed by atoms with Crippen LogP contribution in [0.2, 0.25) is 0 Å². The molecule has 0 atom stereocenters. The molecular formula is C17H24N2O2. The zero-order valence-corrected chi connectivity index (χ0v) is 12.7. The molecule has 0 aromatic heterocycles. The third kappa shape index (κ3) is 3.38. The fourth-order valence-electron chi connectivity index (χ4n) is 3.09. The van der Waals surface area contributed by atoms with Crippen LogP contribution in [0, 0.1) is 5.92 Å². The van der Waals surface area contributed by atoms with Crippen molar-refractivity contribution in [2.24, 2.45) is 5.92 Å². The SMILES string of the molecule is COc1ccccc1CN(C(=O)C1CCNCC1)C1CC1. The van der Waals surface area contributed by atoms with Gasteiger partial charge < -0.3 is 15.0 Å². The van der Waals surface area contributed by atoms with Crippen LogP contribution in [0.1, 0.15) is 31.2 Å². The molecule has 0 bridgehead atoms. The molecule has 0 spiro atoms. The zero-order chi connectivity index (χ0) is 14.7. The number of carbonyl (C=O) groups is 1. The Bertz CT molecular complexity index is 493. The van der Waals surface area contributed by atoms with Gasteiger partial charge in [-0.1, -0.05) is 18.2 Å². The number of nitrogens with zero attached hydrogens (tertiary/aromatic N) is 1. The van der Waals surface area contributed by atoms with Crippen molar-refractivity contribution in [3.8, 4) is 5.75 Å². The molecule has 1 aromatic carbocycles. The molecule has 2 aliphatic rings. The number of carbonyl (C=O) groups excluding carboxylic acids is 1. The van der Waals surface area contributed by atoms with Gasteiger partial charge in [0.1, 0.15) is 5.75 Å². The fourth-order valence-corrected chi connectivity index (χ4v) is 3.09. The number of rotatable bonds is 5. The van der Waals surface area contributed by atoms with E-state index in [1.165, 1.54) is 0 Å². The van der Waals surface area contributed by atoms with Gasteiger partial charge in [0.25, 0.3) is 0 Å². The minimum Gasteiger partial charge on any atom is -0.496 e. The minimum atomic E-state index is 0.196. The van der Waals surface area contributed by atoms with E-state index in [0.29, 0.717) is 18.5 Å². The number of nitrogens with one attached hydrogen (secondary N) is 1. The van der Waals surface area contributed by atoms with Crippen LogP contribution < -0.4 is 10.1 Å². The smallest absolute Gasteiger partial charge is 0.226 e. The summed E-state index contributed by atoms with van der Waals surface area (Å²) in [5.74, 6) is 1.41. The predicted molar refractivity (Wildman–Crippen MR) is 82.2 cm³/mol. The number of benzene rings is 1. The van der Waals surface area contributed by atoms with Crippen molar-refractivity contribution in [2.75, 3.05) is 20.2 Å². The van der Waals surface area contributed by atoms with Crippen LogP contribution >= 0.6 is 0 Å². The van der Waals surface area contributed by atoms with Gasteiger partial charge in [0.2, 0.25) is 5.91 Å². The predicted octanol–water partition coefficient (Wildman–Crippen LogP) is 2.19. The lowest BCUT2D eigenvalue weighted by Crippen LogP contribution is -2.41. The summed E-state index contributed by atoms with van der Waals surface area (Å²) in [5, 5.41) is 3.33. The van der Waals surface area contributed by atoms with E-state index in [1.54, 1.807) is 7.11 Å². The van der Waals surface area contributed by atoms with Crippen molar-refractivity contribution < 1.29 is 9.53 Å². The zero-order valence-electron chi connectivity index (χ0n) is 12.7. The fraction of sp³-hybridized carbons (Fsp3) is 0.588. The second-order valence-electron chi connectivity index (χ2n) is 6.03. The summed E-state index contributed by atoms with van der Waals surface area (Å²) in [5.41, 5.74) is 1.11. The number of hydrogen-bond acceptors (Lipinski definition) is 3. The van der Waals surface area contributed by atoms with Crippen molar-refractivity contribution >= 4 is 5.91 Å². The standard InChI is InChI=1S/C17H24N2O2/c1-21-16-5-3-2-4-14(16)12-19(15-6-7-15)17(20)13-8-10-18-11-9-13/h2-5,13,15,18H,6-12H2,1H3. The summed E-state index contributed by atoms with van der Waals surface area (Å²) in [6.07, 6.45) is 4.22. The van der Waals surface area contributed by atoms with Gasteiger partial charge in [0.15, 0.2) is 0 Å².